The first-order chi connectivity index (χ1) is 9.61. The van der Waals surface area contributed by atoms with Gasteiger partial charge in [-0.2, -0.15) is 0 Å². The molecule has 0 radical (unpaired) electrons. The summed E-state index contributed by atoms with van der Waals surface area (Å²) in [5.74, 6) is -0.0671. The van der Waals surface area contributed by atoms with E-state index in [0.717, 1.165) is 22.4 Å². The number of amides is 1. The number of nitrogens with two attached hydrogens (primary N) is 1. The van der Waals surface area contributed by atoms with Crippen molar-refractivity contribution in [3.05, 3.63) is 65.2 Å². The van der Waals surface area contributed by atoms with Crippen LogP contribution in [-0.4, -0.2) is 12.5 Å². The Bertz CT molecular complexity index is 593. The predicted molar refractivity (Wildman–Crippen MR) is 82.6 cm³/mol. The van der Waals surface area contributed by atoms with Gasteiger partial charge in [-0.25, -0.2) is 0 Å². The summed E-state index contributed by atoms with van der Waals surface area (Å²) < 4.78 is 0. The van der Waals surface area contributed by atoms with Crippen LogP contribution >= 0.6 is 0 Å². The number of nitrogens with zero attached hydrogens (tertiary/aromatic N) is 1. The molecule has 0 unspecified atom stereocenters. The fraction of sp³-hybridized carbons (Fsp3) is 0.235. The van der Waals surface area contributed by atoms with E-state index >= 15 is 0 Å². The molecule has 0 spiro atoms. The van der Waals surface area contributed by atoms with Gasteiger partial charge in [-0.05, 0) is 36.6 Å². The molecule has 2 N–H and O–H groups in total. The van der Waals surface area contributed by atoms with Crippen molar-refractivity contribution in [2.75, 3.05) is 11.4 Å². The molecule has 0 atom stereocenters. The van der Waals surface area contributed by atoms with Crippen LogP contribution in [0.4, 0.5) is 5.69 Å². The van der Waals surface area contributed by atoms with Gasteiger partial charge >= 0.3 is 0 Å². The second-order valence-electron chi connectivity index (χ2n) is 4.96. The SMILES string of the molecule is Cc1ccc(C)c(N(Cc2ccccc2)C(=O)CN)c1. The molecule has 2 aromatic carbocycles. The van der Waals surface area contributed by atoms with Crippen LogP contribution in [0.1, 0.15) is 16.7 Å². The number of anilines is 1. The minimum Gasteiger partial charge on any atom is -0.322 e. The highest BCUT2D eigenvalue weighted by molar-refractivity contribution is 5.95. The Morgan fingerprint density at radius 3 is 2.45 bits per heavy atom. The molecule has 0 aromatic heterocycles. The van der Waals surface area contributed by atoms with Crippen LogP contribution in [0.15, 0.2) is 48.5 Å². The van der Waals surface area contributed by atoms with Crippen molar-refractivity contribution in [1.29, 1.82) is 0 Å². The predicted octanol–water partition coefficient (Wildman–Crippen LogP) is 2.80. The van der Waals surface area contributed by atoms with E-state index in [0.29, 0.717) is 6.54 Å². The second kappa shape index (κ2) is 6.35. The Morgan fingerprint density at radius 1 is 1.10 bits per heavy atom. The van der Waals surface area contributed by atoms with E-state index in [4.69, 9.17) is 5.73 Å². The van der Waals surface area contributed by atoms with Gasteiger partial charge in [-0.3, -0.25) is 4.79 Å². The molecular formula is C17H20N2O. The third-order valence-electron chi connectivity index (χ3n) is 3.31. The summed E-state index contributed by atoms with van der Waals surface area (Å²) in [5.41, 5.74) is 9.80. The average Bonchev–Trinajstić information content (AvgIpc) is 2.48. The van der Waals surface area contributed by atoms with Crippen molar-refractivity contribution < 1.29 is 4.79 Å². The summed E-state index contributed by atoms with van der Waals surface area (Å²) in [4.78, 5) is 13.9. The van der Waals surface area contributed by atoms with E-state index in [1.807, 2.05) is 62.4 Å². The zero-order valence-corrected chi connectivity index (χ0v) is 12.0. The maximum absolute atomic E-state index is 12.2. The van der Waals surface area contributed by atoms with Crippen molar-refractivity contribution in [2.45, 2.75) is 20.4 Å². The third-order valence-corrected chi connectivity index (χ3v) is 3.31. The van der Waals surface area contributed by atoms with Gasteiger partial charge in [0, 0.05) is 5.69 Å². The lowest BCUT2D eigenvalue weighted by molar-refractivity contribution is -0.117. The minimum absolute atomic E-state index is 0.0141. The molecule has 0 aliphatic heterocycles. The lowest BCUT2D eigenvalue weighted by atomic mass is 10.1. The molecular weight excluding hydrogens is 248 g/mol. The molecule has 3 nitrogen and oxygen atoms in total. The molecule has 0 aliphatic rings. The standard InChI is InChI=1S/C17H20N2O/c1-13-8-9-14(2)16(10-13)19(17(20)11-18)12-15-6-4-3-5-7-15/h3-10H,11-12,18H2,1-2H3. The van der Waals surface area contributed by atoms with E-state index in [2.05, 4.69) is 0 Å². The molecule has 0 fully saturated rings. The summed E-state index contributed by atoms with van der Waals surface area (Å²) in [6.07, 6.45) is 0. The van der Waals surface area contributed by atoms with E-state index in [-0.39, 0.29) is 12.5 Å². The molecule has 3 heteroatoms. The van der Waals surface area contributed by atoms with Crippen LogP contribution < -0.4 is 10.6 Å². The highest BCUT2D eigenvalue weighted by atomic mass is 16.2. The number of carbonyl (C=O) groups is 1. The monoisotopic (exact) mass is 268 g/mol. The number of hydrogen-bond acceptors (Lipinski definition) is 2. The minimum atomic E-state index is -0.0671. The first-order valence-corrected chi connectivity index (χ1v) is 6.73. The maximum atomic E-state index is 12.2. The number of carbonyl (C=O) groups excluding carboxylic acids is 1. The van der Waals surface area contributed by atoms with E-state index in [1.54, 1.807) is 4.90 Å². The Labute approximate surface area is 120 Å². The van der Waals surface area contributed by atoms with Gasteiger partial charge in [0.15, 0.2) is 0 Å². The van der Waals surface area contributed by atoms with Crippen LogP contribution in [0.5, 0.6) is 0 Å². The molecule has 0 saturated heterocycles. The topological polar surface area (TPSA) is 46.3 Å². The smallest absolute Gasteiger partial charge is 0.241 e. The lowest BCUT2D eigenvalue weighted by Crippen LogP contribution is -2.36. The quantitative estimate of drug-likeness (QED) is 0.926. The van der Waals surface area contributed by atoms with Crippen molar-refractivity contribution in [3.63, 3.8) is 0 Å². The number of aryl methyl sites for hydroxylation is 2. The summed E-state index contributed by atoms with van der Waals surface area (Å²) in [7, 11) is 0. The van der Waals surface area contributed by atoms with E-state index < -0.39 is 0 Å². The molecule has 20 heavy (non-hydrogen) atoms. The number of rotatable bonds is 4. The van der Waals surface area contributed by atoms with Crippen molar-refractivity contribution >= 4 is 11.6 Å². The van der Waals surface area contributed by atoms with Crippen LogP contribution in [0.3, 0.4) is 0 Å². The zero-order chi connectivity index (χ0) is 14.5. The van der Waals surface area contributed by atoms with Crippen LogP contribution in [0, 0.1) is 13.8 Å². The van der Waals surface area contributed by atoms with Crippen LogP contribution in [-0.2, 0) is 11.3 Å². The fourth-order valence-electron chi connectivity index (χ4n) is 2.19. The number of benzene rings is 2. The Morgan fingerprint density at radius 2 is 1.80 bits per heavy atom. The molecule has 0 heterocycles. The third kappa shape index (κ3) is 3.25. The molecule has 0 saturated carbocycles. The van der Waals surface area contributed by atoms with Gasteiger partial charge in [0.05, 0.1) is 13.1 Å². The fourth-order valence-corrected chi connectivity index (χ4v) is 2.19. The van der Waals surface area contributed by atoms with Gasteiger partial charge in [0.1, 0.15) is 0 Å². The largest absolute Gasteiger partial charge is 0.322 e. The second-order valence-corrected chi connectivity index (χ2v) is 4.96. The average molecular weight is 268 g/mol. The Hall–Kier alpha value is -2.13. The molecule has 1 amide bonds. The maximum Gasteiger partial charge on any atom is 0.241 e. The first kappa shape index (κ1) is 14.3. The first-order valence-electron chi connectivity index (χ1n) is 6.73. The Kier molecular flexibility index (Phi) is 4.53. The Balaban J connectivity index is 2.37. The molecule has 0 aliphatic carbocycles. The summed E-state index contributed by atoms with van der Waals surface area (Å²) >= 11 is 0. The normalized spacial score (nSPS) is 10.3. The van der Waals surface area contributed by atoms with Crippen LogP contribution in [0.25, 0.3) is 0 Å². The summed E-state index contributed by atoms with van der Waals surface area (Å²) in [6, 6.07) is 16.1. The van der Waals surface area contributed by atoms with Gasteiger partial charge in [0.25, 0.3) is 0 Å². The zero-order valence-electron chi connectivity index (χ0n) is 12.0. The summed E-state index contributed by atoms with van der Waals surface area (Å²) in [6.45, 7) is 4.59. The molecule has 104 valence electrons. The number of hydrogen-bond donors (Lipinski definition) is 1. The van der Waals surface area contributed by atoms with E-state index in [9.17, 15) is 4.79 Å². The summed E-state index contributed by atoms with van der Waals surface area (Å²) in [5, 5.41) is 0. The van der Waals surface area contributed by atoms with Crippen molar-refractivity contribution in [1.82, 2.24) is 0 Å². The molecule has 0 bridgehead atoms. The van der Waals surface area contributed by atoms with Gasteiger partial charge < -0.3 is 10.6 Å². The lowest BCUT2D eigenvalue weighted by Gasteiger charge is -2.24. The molecule has 2 rings (SSSR count). The van der Waals surface area contributed by atoms with Crippen molar-refractivity contribution in [2.24, 2.45) is 5.73 Å². The molecule has 2 aromatic rings. The van der Waals surface area contributed by atoms with Gasteiger partial charge in [-0.1, -0.05) is 42.5 Å². The highest BCUT2D eigenvalue weighted by Gasteiger charge is 2.16. The van der Waals surface area contributed by atoms with Gasteiger partial charge in [0.2, 0.25) is 5.91 Å². The van der Waals surface area contributed by atoms with Crippen molar-refractivity contribution in [3.8, 4) is 0 Å². The van der Waals surface area contributed by atoms with Crippen LogP contribution in [0.2, 0.25) is 0 Å². The van der Waals surface area contributed by atoms with E-state index in [1.165, 1.54) is 0 Å². The highest BCUT2D eigenvalue weighted by Crippen LogP contribution is 2.23. The van der Waals surface area contributed by atoms with Gasteiger partial charge in [-0.15, -0.1) is 0 Å².